The maximum Gasteiger partial charge on any atom is 0.0541 e. The molecule has 1 saturated carbocycles. The Labute approximate surface area is 80.9 Å². The van der Waals surface area contributed by atoms with Crippen LogP contribution < -0.4 is 10.6 Å². The molecular formula is C10H22N2O. The van der Waals surface area contributed by atoms with Crippen molar-refractivity contribution in [2.45, 2.75) is 44.8 Å². The minimum absolute atomic E-state index is 0.0354. The maximum atomic E-state index is 9.30. The van der Waals surface area contributed by atoms with E-state index in [1.165, 1.54) is 0 Å². The molecule has 0 heterocycles. The lowest BCUT2D eigenvalue weighted by Gasteiger charge is -2.26. The van der Waals surface area contributed by atoms with Gasteiger partial charge in [0.15, 0.2) is 0 Å². The molecule has 0 atom stereocenters. The fraction of sp³-hybridized carbons (Fsp3) is 1.00. The summed E-state index contributed by atoms with van der Waals surface area (Å²) >= 11 is 0. The highest BCUT2D eigenvalue weighted by atomic mass is 16.3. The van der Waals surface area contributed by atoms with Crippen molar-refractivity contribution in [1.29, 1.82) is 0 Å². The number of hydrogen-bond donors (Lipinski definition) is 3. The van der Waals surface area contributed by atoms with Gasteiger partial charge in [-0.05, 0) is 32.2 Å². The first-order valence-corrected chi connectivity index (χ1v) is 5.45. The molecule has 3 heteroatoms. The van der Waals surface area contributed by atoms with Crippen molar-refractivity contribution >= 4 is 0 Å². The van der Waals surface area contributed by atoms with Crippen LogP contribution in [0.4, 0.5) is 0 Å². The average molecular weight is 186 g/mol. The van der Waals surface area contributed by atoms with Gasteiger partial charge in [-0.2, -0.15) is 0 Å². The van der Waals surface area contributed by atoms with Crippen molar-refractivity contribution in [3.8, 4) is 0 Å². The minimum atomic E-state index is -0.0354. The van der Waals surface area contributed by atoms with Gasteiger partial charge in [-0.1, -0.05) is 6.92 Å². The van der Waals surface area contributed by atoms with E-state index in [1.807, 2.05) is 0 Å². The lowest BCUT2D eigenvalue weighted by Crippen LogP contribution is -2.38. The van der Waals surface area contributed by atoms with E-state index in [9.17, 15) is 5.11 Å². The summed E-state index contributed by atoms with van der Waals surface area (Å²) in [6.07, 6.45) is 4.17. The molecule has 0 saturated heterocycles. The van der Waals surface area contributed by atoms with E-state index in [0.29, 0.717) is 6.04 Å². The topological polar surface area (TPSA) is 44.3 Å². The Morgan fingerprint density at radius 2 is 1.85 bits per heavy atom. The van der Waals surface area contributed by atoms with Crippen LogP contribution in [-0.2, 0) is 0 Å². The second kappa shape index (κ2) is 6.35. The van der Waals surface area contributed by atoms with Gasteiger partial charge in [0.2, 0.25) is 0 Å². The molecule has 0 amide bonds. The minimum Gasteiger partial charge on any atom is -0.393 e. The van der Waals surface area contributed by atoms with Crippen LogP contribution in [0.25, 0.3) is 0 Å². The van der Waals surface area contributed by atoms with E-state index in [2.05, 4.69) is 17.6 Å². The van der Waals surface area contributed by atoms with E-state index in [4.69, 9.17) is 0 Å². The van der Waals surface area contributed by atoms with E-state index < -0.39 is 0 Å². The summed E-state index contributed by atoms with van der Waals surface area (Å²) in [4.78, 5) is 0. The van der Waals surface area contributed by atoms with Gasteiger partial charge < -0.3 is 15.7 Å². The third-order valence-electron chi connectivity index (χ3n) is 2.68. The Balaban J connectivity index is 1.96. The SMILES string of the molecule is CCNCCNC1CCC(O)CC1. The van der Waals surface area contributed by atoms with Gasteiger partial charge in [-0.25, -0.2) is 0 Å². The molecule has 78 valence electrons. The number of rotatable bonds is 5. The first-order valence-electron chi connectivity index (χ1n) is 5.45. The Bertz CT molecular complexity index is 122. The third kappa shape index (κ3) is 4.60. The molecule has 1 rings (SSSR count). The molecular weight excluding hydrogens is 164 g/mol. The number of likely N-dealkylation sites (N-methyl/N-ethyl adjacent to an activating group) is 1. The van der Waals surface area contributed by atoms with Gasteiger partial charge in [0, 0.05) is 19.1 Å². The molecule has 0 aromatic rings. The summed E-state index contributed by atoms with van der Waals surface area (Å²) in [6.45, 7) is 5.27. The van der Waals surface area contributed by atoms with Crippen LogP contribution in [-0.4, -0.2) is 36.9 Å². The highest BCUT2D eigenvalue weighted by molar-refractivity contribution is 4.76. The summed E-state index contributed by atoms with van der Waals surface area (Å²) < 4.78 is 0. The van der Waals surface area contributed by atoms with E-state index in [1.54, 1.807) is 0 Å². The molecule has 1 aliphatic carbocycles. The quantitative estimate of drug-likeness (QED) is 0.548. The smallest absolute Gasteiger partial charge is 0.0541 e. The second-order valence-corrected chi connectivity index (χ2v) is 3.81. The number of aliphatic hydroxyl groups is 1. The highest BCUT2D eigenvalue weighted by Crippen LogP contribution is 2.17. The van der Waals surface area contributed by atoms with Crippen LogP contribution in [0.5, 0.6) is 0 Å². The maximum absolute atomic E-state index is 9.30. The van der Waals surface area contributed by atoms with Crippen LogP contribution in [0.2, 0.25) is 0 Å². The molecule has 1 aliphatic rings. The first-order chi connectivity index (χ1) is 6.33. The van der Waals surface area contributed by atoms with Gasteiger partial charge in [-0.3, -0.25) is 0 Å². The van der Waals surface area contributed by atoms with E-state index >= 15 is 0 Å². The Morgan fingerprint density at radius 3 is 2.46 bits per heavy atom. The summed E-state index contributed by atoms with van der Waals surface area (Å²) in [5.74, 6) is 0. The van der Waals surface area contributed by atoms with Crippen LogP contribution in [0, 0.1) is 0 Å². The van der Waals surface area contributed by atoms with Crippen LogP contribution in [0.1, 0.15) is 32.6 Å². The van der Waals surface area contributed by atoms with E-state index in [0.717, 1.165) is 45.3 Å². The van der Waals surface area contributed by atoms with Crippen LogP contribution >= 0.6 is 0 Å². The molecule has 13 heavy (non-hydrogen) atoms. The molecule has 3 N–H and O–H groups in total. The Kier molecular flexibility index (Phi) is 5.35. The van der Waals surface area contributed by atoms with Gasteiger partial charge in [0.05, 0.1) is 6.10 Å². The van der Waals surface area contributed by atoms with Crippen molar-refractivity contribution in [2.24, 2.45) is 0 Å². The Morgan fingerprint density at radius 1 is 1.15 bits per heavy atom. The number of hydrogen-bond acceptors (Lipinski definition) is 3. The van der Waals surface area contributed by atoms with Crippen molar-refractivity contribution < 1.29 is 5.11 Å². The zero-order chi connectivity index (χ0) is 9.52. The summed E-state index contributed by atoms with van der Waals surface area (Å²) in [6, 6.07) is 0.641. The van der Waals surface area contributed by atoms with Crippen molar-refractivity contribution in [3.63, 3.8) is 0 Å². The average Bonchev–Trinajstić information content (AvgIpc) is 2.15. The molecule has 3 nitrogen and oxygen atoms in total. The van der Waals surface area contributed by atoms with Gasteiger partial charge in [0.1, 0.15) is 0 Å². The van der Waals surface area contributed by atoms with Crippen LogP contribution in [0.15, 0.2) is 0 Å². The summed E-state index contributed by atoms with van der Waals surface area (Å²) in [5.41, 5.74) is 0. The second-order valence-electron chi connectivity index (χ2n) is 3.81. The summed E-state index contributed by atoms with van der Waals surface area (Å²) in [5, 5.41) is 16.1. The zero-order valence-corrected chi connectivity index (χ0v) is 8.55. The summed E-state index contributed by atoms with van der Waals surface area (Å²) in [7, 11) is 0. The fourth-order valence-electron chi connectivity index (χ4n) is 1.82. The van der Waals surface area contributed by atoms with Crippen LogP contribution in [0.3, 0.4) is 0 Å². The number of nitrogens with one attached hydrogen (secondary N) is 2. The number of aliphatic hydroxyl groups excluding tert-OH is 1. The molecule has 1 fully saturated rings. The van der Waals surface area contributed by atoms with E-state index in [-0.39, 0.29) is 6.10 Å². The molecule has 0 aromatic carbocycles. The third-order valence-corrected chi connectivity index (χ3v) is 2.68. The first kappa shape index (κ1) is 11.0. The molecule has 0 aromatic heterocycles. The fourth-order valence-corrected chi connectivity index (χ4v) is 1.82. The molecule has 0 unspecified atom stereocenters. The predicted molar refractivity (Wildman–Crippen MR) is 54.8 cm³/mol. The molecule has 0 bridgehead atoms. The lowest BCUT2D eigenvalue weighted by molar-refractivity contribution is 0.117. The molecule has 0 spiro atoms. The van der Waals surface area contributed by atoms with Crippen molar-refractivity contribution in [2.75, 3.05) is 19.6 Å². The highest BCUT2D eigenvalue weighted by Gasteiger charge is 2.17. The van der Waals surface area contributed by atoms with Crippen molar-refractivity contribution in [1.82, 2.24) is 10.6 Å². The van der Waals surface area contributed by atoms with Crippen molar-refractivity contribution in [3.05, 3.63) is 0 Å². The van der Waals surface area contributed by atoms with Gasteiger partial charge in [-0.15, -0.1) is 0 Å². The zero-order valence-electron chi connectivity index (χ0n) is 8.55. The van der Waals surface area contributed by atoms with Gasteiger partial charge in [0.25, 0.3) is 0 Å². The largest absolute Gasteiger partial charge is 0.393 e. The normalized spacial score (nSPS) is 29.1. The monoisotopic (exact) mass is 186 g/mol. The standard InChI is InChI=1S/C10H22N2O/c1-2-11-7-8-12-9-3-5-10(13)6-4-9/h9-13H,2-8H2,1H3. The van der Waals surface area contributed by atoms with Gasteiger partial charge >= 0.3 is 0 Å². The Hall–Kier alpha value is -0.120. The predicted octanol–water partition coefficient (Wildman–Crippen LogP) is 0.489. The molecule has 0 radical (unpaired) electrons. The molecule has 0 aliphatic heterocycles. The lowest BCUT2D eigenvalue weighted by atomic mass is 9.93.